The van der Waals surface area contributed by atoms with Crippen LogP contribution >= 0.6 is 27.7 Å². The summed E-state index contributed by atoms with van der Waals surface area (Å²) in [6.07, 6.45) is 2.11. The van der Waals surface area contributed by atoms with Crippen LogP contribution in [-0.4, -0.2) is 26.5 Å². The summed E-state index contributed by atoms with van der Waals surface area (Å²) in [5.41, 5.74) is 0.721. The van der Waals surface area contributed by atoms with Crippen LogP contribution in [0.3, 0.4) is 0 Å². The zero-order valence-electron chi connectivity index (χ0n) is 9.84. The number of hydrogen-bond acceptors (Lipinski definition) is 4. The summed E-state index contributed by atoms with van der Waals surface area (Å²) in [6.45, 7) is 0. The van der Waals surface area contributed by atoms with Gasteiger partial charge in [-0.1, -0.05) is 21.1 Å². The fraction of sp³-hybridized carbons (Fsp3) is 0.250. The number of aryl methyl sites for hydroxylation is 1. The van der Waals surface area contributed by atoms with Crippen LogP contribution in [0, 0.1) is 0 Å². The second kappa shape index (κ2) is 6.15. The van der Waals surface area contributed by atoms with E-state index in [0.29, 0.717) is 12.2 Å². The topological polar surface area (TPSA) is 47.8 Å². The van der Waals surface area contributed by atoms with Gasteiger partial charge in [0.25, 0.3) is 0 Å². The molecule has 0 saturated heterocycles. The maximum Gasteiger partial charge on any atom is 0.149 e. The van der Waals surface area contributed by atoms with E-state index in [4.69, 9.17) is 0 Å². The number of thioether (sulfide) groups is 1. The largest absolute Gasteiger partial charge is 0.298 e. The Hall–Kier alpha value is -1.14. The lowest BCUT2D eigenvalue weighted by Gasteiger charge is -2.00. The second-order valence-electron chi connectivity index (χ2n) is 3.84. The first-order chi connectivity index (χ1) is 8.63. The van der Waals surface area contributed by atoms with Gasteiger partial charge in [-0.15, -0.1) is 16.9 Å². The minimum Gasteiger partial charge on any atom is -0.298 e. The quantitative estimate of drug-likeness (QED) is 0.792. The van der Waals surface area contributed by atoms with Gasteiger partial charge >= 0.3 is 0 Å². The molecule has 0 atom stereocenters. The molecule has 2 aromatic rings. The number of halogens is 1. The number of ketones is 1. The first kappa shape index (κ1) is 13.3. The minimum absolute atomic E-state index is 0.156. The molecule has 94 valence electrons. The highest BCUT2D eigenvalue weighted by Crippen LogP contribution is 2.20. The molecule has 0 aliphatic rings. The van der Waals surface area contributed by atoms with E-state index in [1.807, 2.05) is 24.3 Å². The summed E-state index contributed by atoms with van der Waals surface area (Å²) in [7, 11) is 1.79. The third kappa shape index (κ3) is 3.96. The lowest BCUT2D eigenvalue weighted by atomic mass is 10.2. The number of rotatable bonds is 5. The molecule has 1 heterocycles. The van der Waals surface area contributed by atoms with Crippen LogP contribution < -0.4 is 0 Å². The molecule has 0 saturated carbocycles. The van der Waals surface area contributed by atoms with Crippen molar-refractivity contribution in [2.45, 2.75) is 11.3 Å². The fourth-order valence-electron chi connectivity index (χ4n) is 1.42. The number of aromatic nitrogens is 3. The molecule has 1 aromatic heterocycles. The van der Waals surface area contributed by atoms with Crippen molar-refractivity contribution in [2.24, 2.45) is 7.05 Å². The number of benzene rings is 1. The van der Waals surface area contributed by atoms with Crippen LogP contribution in [0.2, 0.25) is 0 Å². The molecule has 0 bridgehead atoms. The third-order valence-electron chi connectivity index (χ3n) is 2.24. The monoisotopic (exact) mass is 325 g/mol. The molecule has 0 unspecified atom stereocenters. The zero-order valence-corrected chi connectivity index (χ0v) is 12.2. The van der Waals surface area contributed by atoms with Gasteiger partial charge in [0.2, 0.25) is 0 Å². The molecule has 0 radical (unpaired) electrons. The van der Waals surface area contributed by atoms with Crippen LogP contribution in [0.25, 0.3) is 0 Å². The highest BCUT2D eigenvalue weighted by Gasteiger charge is 2.07. The van der Waals surface area contributed by atoms with E-state index in [-0.39, 0.29) is 5.78 Å². The van der Waals surface area contributed by atoms with Crippen molar-refractivity contribution < 1.29 is 4.79 Å². The Morgan fingerprint density at radius 2 is 2.11 bits per heavy atom. The normalized spacial score (nSPS) is 10.6. The predicted octanol–water partition coefficient (Wildman–Crippen LogP) is 2.48. The van der Waals surface area contributed by atoms with Crippen LogP contribution in [0.15, 0.2) is 39.8 Å². The summed E-state index contributed by atoms with van der Waals surface area (Å²) >= 11 is 4.92. The van der Waals surface area contributed by atoms with E-state index < -0.39 is 0 Å². The molecule has 0 aliphatic carbocycles. The van der Waals surface area contributed by atoms with Crippen molar-refractivity contribution in [1.29, 1.82) is 0 Å². The van der Waals surface area contributed by atoms with Crippen molar-refractivity contribution in [3.63, 3.8) is 0 Å². The Kier molecular flexibility index (Phi) is 4.54. The van der Waals surface area contributed by atoms with E-state index in [2.05, 4.69) is 26.2 Å². The summed E-state index contributed by atoms with van der Waals surface area (Å²) in [4.78, 5) is 12.8. The molecule has 0 spiro atoms. The molecule has 0 amide bonds. The average Bonchev–Trinajstić information content (AvgIpc) is 2.74. The molecule has 1 aromatic carbocycles. The highest BCUT2D eigenvalue weighted by atomic mass is 79.9. The number of nitrogens with zero attached hydrogens (tertiary/aromatic N) is 3. The lowest BCUT2D eigenvalue weighted by Crippen LogP contribution is -2.05. The van der Waals surface area contributed by atoms with Gasteiger partial charge in [-0.3, -0.25) is 9.48 Å². The first-order valence-corrected chi connectivity index (χ1v) is 7.16. The van der Waals surface area contributed by atoms with Gasteiger partial charge in [0.1, 0.15) is 5.78 Å². The summed E-state index contributed by atoms with van der Waals surface area (Å²) in [5, 5.41) is 7.70. The number of hydrogen-bond donors (Lipinski definition) is 0. The number of Topliss-reactive ketones (excluding diaryl/α,β-unsaturated/α-hetero) is 1. The van der Waals surface area contributed by atoms with Crippen molar-refractivity contribution in [1.82, 2.24) is 15.0 Å². The van der Waals surface area contributed by atoms with Gasteiger partial charge in [0, 0.05) is 22.6 Å². The van der Waals surface area contributed by atoms with Crippen molar-refractivity contribution in [3.8, 4) is 0 Å². The summed E-state index contributed by atoms with van der Waals surface area (Å²) in [5.74, 6) is 0.612. The Balaban J connectivity index is 1.83. The Morgan fingerprint density at radius 3 is 2.72 bits per heavy atom. The Labute approximate surface area is 118 Å². The van der Waals surface area contributed by atoms with Crippen LogP contribution in [0.5, 0.6) is 0 Å². The van der Waals surface area contributed by atoms with Crippen LogP contribution in [0.1, 0.15) is 5.69 Å². The second-order valence-corrected chi connectivity index (χ2v) is 5.81. The summed E-state index contributed by atoms with van der Waals surface area (Å²) in [6, 6.07) is 7.92. The highest BCUT2D eigenvalue weighted by molar-refractivity contribution is 9.10. The summed E-state index contributed by atoms with van der Waals surface area (Å²) < 4.78 is 2.64. The molecule has 6 heteroatoms. The van der Waals surface area contributed by atoms with Crippen molar-refractivity contribution >= 4 is 33.5 Å². The maximum absolute atomic E-state index is 11.8. The molecular weight excluding hydrogens is 314 g/mol. The molecule has 0 aliphatic heterocycles. The van der Waals surface area contributed by atoms with Gasteiger partial charge < -0.3 is 0 Å². The van der Waals surface area contributed by atoms with Crippen LogP contribution in [0.4, 0.5) is 0 Å². The van der Waals surface area contributed by atoms with Crippen LogP contribution in [-0.2, 0) is 18.3 Å². The van der Waals surface area contributed by atoms with E-state index in [1.165, 1.54) is 11.8 Å². The van der Waals surface area contributed by atoms with E-state index >= 15 is 0 Å². The van der Waals surface area contributed by atoms with E-state index in [0.717, 1.165) is 15.1 Å². The lowest BCUT2D eigenvalue weighted by molar-refractivity contribution is -0.116. The third-order valence-corrected chi connectivity index (χ3v) is 3.84. The Morgan fingerprint density at radius 1 is 1.39 bits per heavy atom. The minimum atomic E-state index is 0.156. The van der Waals surface area contributed by atoms with Crippen molar-refractivity contribution in [2.75, 3.05) is 5.75 Å². The fourth-order valence-corrected chi connectivity index (χ4v) is 2.45. The van der Waals surface area contributed by atoms with Gasteiger partial charge in [0.15, 0.2) is 0 Å². The molecule has 4 nitrogen and oxygen atoms in total. The molecule has 18 heavy (non-hydrogen) atoms. The van der Waals surface area contributed by atoms with E-state index in [9.17, 15) is 4.79 Å². The van der Waals surface area contributed by atoms with Gasteiger partial charge in [0.05, 0.1) is 17.9 Å². The maximum atomic E-state index is 11.8. The predicted molar refractivity (Wildman–Crippen MR) is 74.6 cm³/mol. The Bertz CT molecular complexity index is 539. The smallest absolute Gasteiger partial charge is 0.149 e. The standard InChI is InChI=1S/C12H12BrN3OS/c1-16-7-10(14-15-16)6-11(17)8-18-12-4-2-9(13)3-5-12/h2-5,7H,6,8H2,1H3. The van der Waals surface area contributed by atoms with Gasteiger partial charge in [-0.25, -0.2) is 0 Å². The van der Waals surface area contributed by atoms with Gasteiger partial charge in [-0.2, -0.15) is 0 Å². The number of carbonyl (C=O) groups excluding carboxylic acids is 1. The molecule has 0 fully saturated rings. The van der Waals surface area contributed by atoms with E-state index in [1.54, 1.807) is 17.9 Å². The van der Waals surface area contributed by atoms with Crippen molar-refractivity contribution in [3.05, 3.63) is 40.6 Å². The molecule has 2 rings (SSSR count). The van der Waals surface area contributed by atoms with Gasteiger partial charge in [-0.05, 0) is 24.3 Å². The molecular formula is C12H12BrN3OS. The first-order valence-electron chi connectivity index (χ1n) is 5.39. The zero-order chi connectivity index (χ0) is 13.0. The number of carbonyl (C=O) groups is 1. The SMILES string of the molecule is Cn1cc(CC(=O)CSc2ccc(Br)cc2)nn1. The molecule has 0 N–H and O–H groups in total. The average molecular weight is 326 g/mol.